The maximum absolute atomic E-state index is 11.6. The van der Waals surface area contributed by atoms with Gasteiger partial charge in [-0.1, -0.05) is 0 Å². The van der Waals surface area contributed by atoms with Gasteiger partial charge in [0.1, 0.15) is 0 Å². The summed E-state index contributed by atoms with van der Waals surface area (Å²) in [7, 11) is 1.43. The lowest BCUT2D eigenvalue weighted by molar-refractivity contribution is 0.118. The van der Waals surface area contributed by atoms with E-state index in [1.54, 1.807) is 4.90 Å². The molecule has 0 aliphatic carbocycles. The summed E-state index contributed by atoms with van der Waals surface area (Å²) in [6.45, 7) is 5.42. The zero-order valence-corrected chi connectivity index (χ0v) is 11.5. The van der Waals surface area contributed by atoms with E-state index in [0.29, 0.717) is 19.1 Å². The molecule has 19 heavy (non-hydrogen) atoms. The number of aromatic nitrogens is 2. The normalized spacial score (nSPS) is 22.4. The van der Waals surface area contributed by atoms with Crippen molar-refractivity contribution in [1.29, 1.82) is 0 Å². The van der Waals surface area contributed by atoms with Gasteiger partial charge < -0.3 is 15.0 Å². The van der Waals surface area contributed by atoms with E-state index in [-0.39, 0.29) is 6.09 Å². The van der Waals surface area contributed by atoms with Crippen molar-refractivity contribution in [3.05, 3.63) is 17.0 Å². The van der Waals surface area contributed by atoms with Crippen molar-refractivity contribution in [3.63, 3.8) is 0 Å². The number of nitrogens with zero attached hydrogens (tertiary/aromatic N) is 3. The molecule has 1 unspecified atom stereocenters. The molecule has 0 bridgehead atoms. The van der Waals surface area contributed by atoms with Gasteiger partial charge in [-0.05, 0) is 19.9 Å². The third kappa shape index (κ3) is 2.10. The molecule has 104 valence electrons. The second kappa shape index (κ2) is 4.85. The van der Waals surface area contributed by atoms with Crippen molar-refractivity contribution in [1.82, 2.24) is 20.0 Å². The number of carbonyl (C=O) groups excluding carboxylic acids is 1. The van der Waals surface area contributed by atoms with Crippen molar-refractivity contribution in [3.8, 4) is 0 Å². The van der Waals surface area contributed by atoms with Crippen LogP contribution in [0.5, 0.6) is 0 Å². The topological polar surface area (TPSA) is 59.4 Å². The van der Waals surface area contributed by atoms with Crippen molar-refractivity contribution in [2.75, 3.05) is 26.7 Å². The smallest absolute Gasteiger partial charge is 0.409 e. The average molecular weight is 264 g/mol. The second-order valence-electron chi connectivity index (χ2n) is 5.24. The Bertz CT molecular complexity index is 491. The first-order chi connectivity index (χ1) is 9.20. The minimum absolute atomic E-state index is 0.250. The third-order valence-corrected chi connectivity index (χ3v) is 4.10. The summed E-state index contributed by atoms with van der Waals surface area (Å²) in [5.41, 5.74) is 3.53. The van der Waals surface area contributed by atoms with Gasteiger partial charge in [-0.25, -0.2) is 4.79 Å². The Kier molecular flexibility index (Phi) is 3.18. The minimum atomic E-state index is -0.250. The molecule has 0 saturated carbocycles. The van der Waals surface area contributed by atoms with Gasteiger partial charge in [0, 0.05) is 30.8 Å². The second-order valence-corrected chi connectivity index (χ2v) is 5.24. The molecule has 6 nitrogen and oxygen atoms in total. The number of methoxy groups -OCH3 is 1. The van der Waals surface area contributed by atoms with Gasteiger partial charge in [-0.15, -0.1) is 0 Å². The molecule has 0 spiro atoms. The van der Waals surface area contributed by atoms with Gasteiger partial charge in [0.2, 0.25) is 0 Å². The number of rotatable bonds is 1. The Morgan fingerprint density at radius 3 is 3.05 bits per heavy atom. The molecule has 1 saturated heterocycles. The van der Waals surface area contributed by atoms with Crippen LogP contribution in [0.2, 0.25) is 0 Å². The summed E-state index contributed by atoms with van der Waals surface area (Å²) in [6, 6.07) is 0.465. The van der Waals surface area contributed by atoms with E-state index in [4.69, 9.17) is 9.84 Å². The summed E-state index contributed by atoms with van der Waals surface area (Å²) < 4.78 is 6.98. The maximum Gasteiger partial charge on any atom is 0.409 e. The van der Waals surface area contributed by atoms with Crippen molar-refractivity contribution in [2.45, 2.75) is 32.4 Å². The Morgan fingerprint density at radius 2 is 2.37 bits per heavy atom. The summed E-state index contributed by atoms with van der Waals surface area (Å²) >= 11 is 0. The molecule has 1 N–H and O–H groups in total. The number of amides is 1. The molecule has 3 rings (SSSR count). The predicted molar refractivity (Wildman–Crippen MR) is 70.0 cm³/mol. The van der Waals surface area contributed by atoms with E-state index in [1.165, 1.54) is 18.4 Å². The Hall–Kier alpha value is -1.56. The van der Waals surface area contributed by atoms with Crippen LogP contribution in [0.25, 0.3) is 0 Å². The van der Waals surface area contributed by atoms with E-state index < -0.39 is 0 Å². The van der Waals surface area contributed by atoms with Crippen LogP contribution in [0.15, 0.2) is 0 Å². The van der Waals surface area contributed by atoms with Crippen LogP contribution in [0.4, 0.5) is 4.79 Å². The van der Waals surface area contributed by atoms with Gasteiger partial charge in [-0.2, -0.15) is 5.10 Å². The number of hydrogen-bond donors (Lipinski definition) is 1. The molecule has 1 fully saturated rings. The van der Waals surface area contributed by atoms with Crippen molar-refractivity contribution >= 4 is 6.09 Å². The largest absolute Gasteiger partial charge is 0.453 e. The number of hydrogen-bond acceptors (Lipinski definition) is 4. The Balaban J connectivity index is 1.87. The van der Waals surface area contributed by atoms with E-state index in [0.717, 1.165) is 31.6 Å². The van der Waals surface area contributed by atoms with Gasteiger partial charge in [0.05, 0.1) is 25.4 Å². The van der Waals surface area contributed by atoms with Crippen LogP contribution in [0.3, 0.4) is 0 Å². The fourth-order valence-electron chi connectivity index (χ4n) is 3.05. The van der Waals surface area contributed by atoms with Crippen LogP contribution in [-0.2, 0) is 17.7 Å². The fraction of sp³-hybridized carbons (Fsp3) is 0.692. The summed E-state index contributed by atoms with van der Waals surface area (Å²) in [5.74, 6) is 0. The molecular weight excluding hydrogens is 244 g/mol. The van der Waals surface area contributed by atoms with E-state index in [2.05, 4.69) is 10.00 Å². The molecule has 1 aromatic rings. The highest BCUT2D eigenvalue weighted by atomic mass is 16.5. The van der Waals surface area contributed by atoms with Crippen LogP contribution in [0.1, 0.15) is 29.4 Å². The van der Waals surface area contributed by atoms with Crippen molar-refractivity contribution in [2.24, 2.45) is 0 Å². The highest BCUT2D eigenvalue weighted by Gasteiger charge is 2.29. The van der Waals surface area contributed by atoms with Crippen LogP contribution >= 0.6 is 0 Å². The number of nitrogens with one attached hydrogen (secondary N) is 1. The lowest BCUT2D eigenvalue weighted by Crippen LogP contribution is -2.36. The zero-order valence-electron chi connectivity index (χ0n) is 11.5. The van der Waals surface area contributed by atoms with Gasteiger partial charge in [0.25, 0.3) is 0 Å². The molecule has 0 aromatic carbocycles. The first-order valence-electron chi connectivity index (χ1n) is 6.81. The molecule has 1 atom stereocenters. The molecule has 3 heterocycles. The molecule has 0 radical (unpaired) electrons. The minimum Gasteiger partial charge on any atom is -0.453 e. The Morgan fingerprint density at radius 1 is 1.53 bits per heavy atom. The number of fused-ring (bicyclic) bond motifs is 1. The molecular formula is C13H20N4O2. The monoisotopic (exact) mass is 264 g/mol. The highest BCUT2D eigenvalue weighted by molar-refractivity contribution is 5.68. The first-order valence-corrected chi connectivity index (χ1v) is 6.81. The maximum atomic E-state index is 11.6. The lowest BCUT2D eigenvalue weighted by Gasteiger charge is -2.27. The molecule has 1 aromatic heterocycles. The van der Waals surface area contributed by atoms with Crippen LogP contribution < -0.4 is 5.32 Å². The highest BCUT2D eigenvalue weighted by Crippen LogP contribution is 2.27. The summed E-state index contributed by atoms with van der Waals surface area (Å²) in [5, 5.41) is 8.07. The third-order valence-electron chi connectivity index (χ3n) is 4.10. The zero-order chi connectivity index (χ0) is 13.4. The summed E-state index contributed by atoms with van der Waals surface area (Å²) in [6.07, 6.45) is 1.75. The predicted octanol–water partition coefficient (Wildman–Crippen LogP) is 0.850. The van der Waals surface area contributed by atoms with E-state index >= 15 is 0 Å². The molecule has 1 amide bonds. The quantitative estimate of drug-likeness (QED) is 0.817. The van der Waals surface area contributed by atoms with Crippen LogP contribution in [-0.4, -0.2) is 47.5 Å². The first kappa shape index (κ1) is 12.5. The number of ether oxygens (including phenoxy) is 1. The number of carbonyl (C=O) groups is 1. The van der Waals surface area contributed by atoms with Gasteiger partial charge >= 0.3 is 6.09 Å². The van der Waals surface area contributed by atoms with Crippen LogP contribution in [0, 0.1) is 6.92 Å². The lowest BCUT2D eigenvalue weighted by atomic mass is 10.1. The summed E-state index contributed by atoms with van der Waals surface area (Å²) in [4.78, 5) is 13.4. The number of aryl methyl sites for hydroxylation is 1. The van der Waals surface area contributed by atoms with Gasteiger partial charge in [-0.3, -0.25) is 4.68 Å². The molecule has 6 heteroatoms. The average Bonchev–Trinajstić information content (AvgIpc) is 3.06. The van der Waals surface area contributed by atoms with Gasteiger partial charge in [0.15, 0.2) is 0 Å². The fourth-order valence-corrected chi connectivity index (χ4v) is 3.05. The van der Waals surface area contributed by atoms with E-state index in [9.17, 15) is 4.79 Å². The molecule has 2 aliphatic heterocycles. The standard InChI is InChI=1S/C13H20N4O2/c1-9-11-8-16(13(18)19-2)6-4-12(11)17(15-9)10-3-5-14-7-10/h10,14H,3-8H2,1-2H3. The van der Waals surface area contributed by atoms with Crippen molar-refractivity contribution < 1.29 is 9.53 Å². The molecule has 2 aliphatic rings. The Labute approximate surface area is 112 Å². The SMILES string of the molecule is COC(=O)N1CCc2c(c(C)nn2C2CCNC2)C1. The van der Waals surface area contributed by atoms with E-state index in [1.807, 2.05) is 6.92 Å².